The van der Waals surface area contributed by atoms with Crippen molar-refractivity contribution >= 4 is 8.88 Å². The van der Waals surface area contributed by atoms with Crippen molar-refractivity contribution in [1.29, 1.82) is 0 Å². The van der Waals surface area contributed by atoms with Crippen molar-refractivity contribution in [1.82, 2.24) is 19.6 Å². The van der Waals surface area contributed by atoms with Gasteiger partial charge < -0.3 is 10.2 Å². The summed E-state index contributed by atoms with van der Waals surface area (Å²) >= 11 is 0. The lowest BCUT2D eigenvalue weighted by Gasteiger charge is -2.34. The van der Waals surface area contributed by atoms with Crippen LogP contribution >= 0.6 is 8.88 Å². The molecule has 0 aromatic heterocycles. The molecule has 1 saturated heterocycles. The number of hydrogen-bond donors (Lipinski definition) is 1. The van der Waals surface area contributed by atoms with Gasteiger partial charge in [-0.25, -0.2) is 0 Å². The normalized spacial score (nSPS) is 22.4. The van der Waals surface area contributed by atoms with E-state index in [2.05, 4.69) is 61.1 Å². The summed E-state index contributed by atoms with van der Waals surface area (Å²) in [6.45, 7) is 24.8. The van der Waals surface area contributed by atoms with E-state index in [0.717, 1.165) is 39.7 Å². The topological polar surface area (TPSA) is 21.8 Å². The third kappa shape index (κ3) is 11.0. The quantitative estimate of drug-likeness (QED) is 0.735. The molecule has 0 aromatic rings. The maximum absolute atomic E-state index is 3.67. The second-order valence-electron chi connectivity index (χ2n) is 8.58. The van der Waals surface area contributed by atoms with Crippen LogP contribution in [0.5, 0.6) is 0 Å². The molecule has 144 valence electrons. The Morgan fingerprint density at radius 1 is 0.708 bits per heavy atom. The molecule has 0 saturated carbocycles. The summed E-state index contributed by atoms with van der Waals surface area (Å²) in [5.74, 6) is 2.25. The highest BCUT2D eigenvalue weighted by Gasteiger charge is 2.16. The lowest BCUT2D eigenvalue weighted by Crippen LogP contribution is -2.40. The minimum Gasteiger partial charge on any atom is -0.314 e. The lowest BCUT2D eigenvalue weighted by atomic mass is 10.2. The van der Waals surface area contributed by atoms with Gasteiger partial charge in [-0.1, -0.05) is 41.5 Å². The van der Waals surface area contributed by atoms with Crippen molar-refractivity contribution < 1.29 is 0 Å². The van der Waals surface area contributed by atoms with Crippen LogP contribution in [0.3, 0.4) is 0 Å². The van der Waals surface area contributed by atoms with Crippen molar-refractivity contribution in [3.05, 3.63) is 0 Å². The number of rotatable bonds is 6. The van der Waals surface area contributed by atoms with Gasteiger partial charge in [-0.2, -0.15) is 0 Å². The Kier molecular flexibility index (Phi) is 11.7. The molecule has 0 aliphatic carbocycles. The fourth-order valence-corrected chi connectivity index (χ4v) is 5.08. The molecule has 0 radical (unpaired) electrons. The SMILES string of the molecule is CC(C)CN1CCCN(CC(C)C)PN(CC(C)C)CCNCC1. The minimum absolute atomic E-state index is 0.743. The first-order valence-electron chi connectivity index (χ1n) is 10.1. The van der Waals surface area contributed by atoms with Crippen molar-refractivity contribution in [2.75, 3.05) is 58.9 Å². The molecule has 1 atom stereocenters. The fourth-order valence-electron chi connectivity index (χ4n) is 3.32. The van der Waals surface area contributed by atoms with E-state index in [1.807, 2.05) is 0 Å². The smallest absolute Gasteiger partial charge is 0.0240 e. The Morgan fingerprint density at radius 2 is 1.25 bits per heavy atom. The second-order valence-corrected chi connectivity index (χ2v) is 10.0. The van der Waals surface area contributed by atoms with E-state index < -0.39 is 0 Å². The molecule has 1 aliphatic rings. The van der Waals surface area contributed by atoms with Gasteiger partial charge in [0.2, 0.25) is 0 Å². The van der Waals surface area contributed by atoms with Crippen molar-refractivity contribution in [2.45, 2.75) is 48.0 Å². The molecular formula is C19H43N4P. The van der Waals surface area contributed by atoms with Crippen LogP contribution in [0.4, 0.5) is 0 Å². The van der Waals surface area contributed by atoms with Gasteiger partial charge in [-0.15, -0.1) is 0 Å². The van der Waals surface area contributed by atoms with Crippen LogP contribution < -0.4 is 5.32 Å². The number of nitrogens with zero attached hydrogens (tertiary/aromatic N) is 3. The molecule has 1 aliphatic heterocycles. The standard InChI is InChI=1S/C19H43N4P/c1-17(2)14-21-10-7-11-22(15-18(3)4)24-23(16-19(5)6)13-9-20-8-12-21/h17-20,24H,7-16H2,1-6H3. The first-order valence-corrected chi connectivity index (χ1v) is 11.0. The molecule has 1 fully saturated rings. The molecule has 0 bridgehead atoms. The lowest BCUT2D eigenvalue weighted by molar-refractivity contribution is 0.228. The van der Waals surface area contributed by atoms with Crippen LogP contribution in [0.25, 0.3) is 0 Å². The predicted molar refractivity (Wildman–Crippen MR) is 110 cm³/mol. The van der Waals surface area contributed by atoms with Crippen LogP contribution in [-0.4, -0.2) is 73.1 Å². The molecule has 1 heterocycles. The number of hydrogen-bond acceptors (Lipinski definition) is 4. The Hall–Kier alpha value is 0.270. The average molecular weight is 359 g/mol. The first kappa shape index (κ1) is 22.3. The van der Waals surface area contributed by atoms with E-state index in [1.165, 1.54) is 52.2 Å². The van der Waals surface area contributed by atoms with Gasteiger partial charge in [0.25, 0.3) is 0 Å². The van der Waals surface area contributed by atoms with Crippen LogP contribution in [0, 0.1) is 17.8 Å². The third-order valence-corrected chi connectivity index (χ3v) is 5.52. The van der Waals surface area contributed by atoms with Crippen molar-refractivity contribution in [3.8, 4) is 0 Å². The summed E-state index contributed by atoms with van der Waals surface area (Å²) in [6, 6.07) is 0. The molecule has 5 heteroatoms. The molecule has 4 nitrogen and oxygen atoms in total. The average Bonchev–Trinajstić information content (AvgIpc) is 2.42. The Balaban J connectivity index is 2.63. The highest BCUT2D eigenvalue weighted by molar-refractivity contribution is 7.32. The van der Waals surface area contributed by atoms with Crippen LogP contribution in [0.15, 0.2) is 0 Å². The minimum atomic E-state index is 0.743. The van der Waals surface area contributed by atoms with Gasteiger partial charge in [0, 0.05) is 61.2 Å². The summed E-state index contributed by atoms with van der Waals surface area (Å²) < 4.78 is 5.38. The molecular weight excluding hydrogens is 315 g/mol. The van der Waals surface area contributed by atoms with Gasteiger partial charge >= 0.3 is 0 Å². The molecule has 1 N–H and O–H groups in total. The number of nitrogens with one attached hydrogen (secondary N) is 1. The second kappa shape index (κ2) is 12.6. The summed E-state index contributed by atoms with van der Waals surface area (Å²) in [5.41, 5.74) is 0. The molecule has 0 aromatic carbocycles. The van der Waals surface area contributed by atoms with Crippen LogP contribution in [-0.2, 0) is 0 Å². The largest absolute Gasteiger partial charge is 0.314 e. The zero-order valence-corrected chi connectivity index (χ0v) is 18.1. The highest BCUT2D eigenvalue weighted by atomic mass is 31.1. The van der Waals surface area contributed by atoms with E-state index in [1.54, 1.807) is 0 Å². The molecule has 24 heavy (non-hydrogen) atoms. The summed E-state index contributed by atoms with van der Waals surface area (Å²) in [7, 11) is 0.842. The van der Waals surface area contributed by atoms with Crippen molar-refractivity contribution in [2.24, 2.45) is 17.8 Å². The summed E-state index contributed by atoms with van der Waals surface area (Å²) in [6.07, 6.45) is 1.29. The zero-order valence-electron chi connectivity index (χ0n) is 17.1. The third-order valence-electron chi connectivity index (χ3n) is 4.14. The van der Waals surface area contributed by atoms with Gasteiger partial charge in [0.15, 0.2) is 0 Å². The van der Waals surface area contributed by atoms with E-state index in [4.69, 9.17) is 0 Å². The first-order chi connectivity index (χ1) is 11.4. The maximum Gasteiger partial charge on any atom is 0.0240 e. The summed E-state index contributed by atoms with van der Waals surface area (Å²) in [5, 5.41) is 3.67. The maximum atomic E-state index is 3.67. The highest BCUT2D eigenvalue weighted by Crippen LogP contribution is 2.26. The van der Waals surface area contributed by atoms with E-state index >= 15 is 0 Å². The van der Waals surface area contributed by atoms with Gasteiger partial charge in [0.05, 0.1) is 0 Å². The monoisotopic (exact) mass is 358 g/mol. The predicted octanol–water partition coefficient (Wildman–Crippen LogP) is 3.36. The molecule has 0 spiro atoms. The summed E-state index contributed by atoms with van der Waals surface area (Å²) in [4.78, 5) is 2.65. The van der Waals surface area contributed by atoms with Gasteiger partial charge in [-0.3, -0.25) is 9.34 Å². The fraction of sp³-hybridized carbons (Fsp3) is 1.00. The van der Waals surface area contributed by atoms with Gasteiger partial charge in [-0.05, 0) is 30.7 Å². The Labute approximate surface area is 153 Å². The molecule has 1 unspecified atom stereocenters. The Bertz CT molecular complexity index is 310. The van der Waals surface area contributed by atoms with Gasteiger partial charge in [0.1, 0.15) is 0 Å². The molecule has 0 amide bonds. The van der Waals surface area contributed by atoms with Crippen LogP contribution in [0.2, 0.25) is 0 Å². The van der Waals surface area contributed by atoms with E-state index in [9.17, 15) is 0 Å². The van der Waals surface area contributed by atoms with Crippen LogP contribution in [0.1, 0.15) is 48.0 Å². The van der Waals surface area contributed by atoms with E-state index in [-0.39, 0.29) is 0 Å². The van der Waals surface area contributed by atoms with Crippen molar-refractivity contribution in [3.63, 3.8) is 0 Å². The molecule has 1 rings (SSSR count). The Morgan fingerprint density at radius 3 is 1.83 bits per heavy atom. The zero-order chi connectivity index (χ0) is 17.9. The van der Waals surface area contributed by atoms with E-state index in [0.29, 0.717) is 0 Å².